The summed E-state index contributed by atoms with van der Waals surface area (Å²) >= 11 is 0. The summed E-state index contributed by atoms with van der Waals surface area (Å²) in [5, 5.41) is 16.9. The van der Waals surface area contributed by atoms with E-state index in [1.807, 2.05) is 27.7 Å². The van der Waals surface area contributed by atoms with Gasteiger partial charge >= 0.3 is 54.3 Å². The van der Waals surface area contributed by atoms with Crippen molar-refractivity contribution in [2.24, 2.45) is 0 Å². The van der Waals surface area contributed by atoms with Crippen molar-refractivity contribution in [3.05, 3.63) is 391 Å². The van der Waals surface area contributed by atoms with Crippen LogP contribution in [0.5, 0.6) is 0 Å². The van der Waals surface area contributed by atoms with Crippen LogP contribution < -0.4 is 0 Å². The van der Waals surface area contributed by atoms with E-state index in [1.165, 1.54) is 79.4 Å². The van der Waals surface area contributed by atoms with Crippen molar-refractivity contribution in [1.29, 1.82) is 0 Å². The minimum absolute atomic E-state index is 0. The minimum atomic E-state index is -4.59. The largest absolute Gasteiger partial charge is 2.00 e. The number of fused-ring (bicyclic) bond motifs is 6. The molecule has 0 aliphatic rings. The molecule has 12 heterocycles. The molecule has 0 unspecified atom stereocenters. The first-order chi connectivity index (χ1) is 56.8. The normalized spacial score (nSPS) is 11.1. The summed E-state index contributed by atoms with van der Waals surface area (Å²) in [6.07, 6.45) is 0.815. The molecule has 121 heavy (non-hydrogen) atoms. The van der Waals surface area contributed by atoms with Gasteiger partial charge < -0.3 is 38.9 Å². The summed E-state index contributed by atoms with van der Waals surface area (Å²) < 4.78 is 152. The van der Waals surface area contributed by atoms with Crippen LogP contribution in [0.1, 0.15) is 66.7 Å². The average molecular weight is 2170 g/mol. The van der Waals surface area contributed by atoms with Gasteiger partial charge in [0.1, 0.15) is 41.4 Å². The fourth-order valence-corrected chi connectivity index (χ4v) is 12.9. The van der Waals surface area contributed by atoms with Crippen LogP contribution in [0.25, 0.3) is 106 Å². The maximum atomic E-state index is 14.1. The first kappa shape index (κ1) is 89.0. The van der Waals surface area contributed by atoms with E-state index in [0.29, 0.717) is 28.5 Å². The number of para-hydroxylation sites is 4. The van der Waals surface area contributed by atoms with E-state index >= 15 is 0 Å². The number of benzene rings is 6. The molecule has 1 radical (unpaired) electrons. The number of pyridine rings is 9. The summed E-state index contributed by atoms with van der Waals surface area (Å²) in [6.45, 7) is 7.30. The molecule has 18 rings (SSSR count). The van der Waals surface area contributed by atoms with E-state index in [4.69, 9.17) is 5.11 Å². The molecule has 0 bridgehead atoms. The maximum absolute atomic E-state index is 14.1. The Hall–Kier alpha value is -12.8. The van der Waals surface area contributed by atoms with Crippen molar-refractivity contribution in [2.45, 2.75) is 44.7 Å². The third kappa shape index (κ3) is 19.9. The van der Waals surface area contributed by atoms with E-state index < -0.39 is 76.0 Å². The van der Waals surface area contributed by atoms with Crippen LogP contribution in [0.4, 0.5) is 48.3 Å². The molecule has 0 saturated carbocycles. The Balaban J connectivity index is 0.000000155. The number of alkyl halides is 3. The summed E-state index contributed by atoms with van der Waals surface area (Å²) in [6, 6.07) is 88.5. The zero-order chi connectivity index (χ0) is 83.0. The van der Waals surface area contributed by atoms with Crippen molar-refractivity contribution in [3.63, 3.8) is 0 Å². The molecule has 15 nitrogen and oxygen atoms in total. The number of aromatic nitrogens is 13. The molecule has 611 valence electrons. The zero-order valence-electron chi connectivity index (χ0n) is 63.4. The molecule has 0 aliphatic carbocycles. The van der Waals surface area contributed by atoms with Gasteiger partial charge in [-0.3, -0.25) is 33.8 Å². The first-order valence-corrected chi connectivity index (χ1v) is 36.0. The van der Waals surface area contributed by atoms with Crippen molar-refractivity contribution >= 4 is 49.6 Å². The first-order valence-electron chi connectivity index (χ1n) is 36.0. The van der Waals surface area contributed by atoms with Crippen LogP contribution >= 0.6 is 0 Å². The van der Waals surface area contributed by atoms with E-state index in [9.17, 15) is 53.1 Å². The third-order valence-electron chi connectivity index (χ3n) is 18.8. The average Bonchev–Trinajstić information content (AvgIpc) is 1.59. The van der Waals surface area contributed by atoms with Gasteiger partial charge in [0.15, 0.2) is 0 Å². The van der Waals surface area contributed by atoms with Gasteiger partial charge in [-0.1, -0.05) is 198 Å². The summed E-state index contributed by atoms with van der Waals surface area (Å²) in [7, 11) is 0. The smallest absolute Gasteiger partial charge is 0.477 e. The number of carboxylic acid groups (broad SMARTS) is 1. The van der Waals surface area contributed by atoms with Gasteiger partial charge in [0.05, 0.1) is 33.6 Å². The van der Waals surface area contributed by atoms with E-state index in [2.05, 4.69) is 211 Å². The van der Waals surface area contributed by atoms with Crippen molar-refractivity contribution in [2.75, 3.05) is 0 Å². The molecule has 0 atom stereocenters. The number of aromatic carboxylic acids is 1. The summed E-state index contributed by atoms with van der Waals surface area (Å²) in [5.41, 5.74) is 7.80. The van der Waals surface area contributed by atoms with Gasteiger partial charge in [-0.05, 0) is 135 Å². The van der Waals surface area contributed by atoms with Crippen molar-refractivity contribution in [1.82, 2.24) is 63.8 Å². The Morgan fingerprint density at radius 1 is 0.372 bits per heavy atom. The fraction of sp³-hybridized carbons (Fsp3) is 0.0761. The topological polar surface area (TPSA) is 181 Å². The van der Waals surface area contributed by atoms with E-state index in [0.717, 1.165) is 41.1 Å². The Morgan fingerprint density at radius 2 is 0.736 bits per heavy atom. The fourth-order valence-electron chi connectivity index (χ4n) is 12.9. The number of nitrogens with zero attached hydrogens (tertiary/aromatic N) is 13. The number of rotatable bonds is 12. The van der Waals surface area contributed by atoms with Gasteiger partial charge in [0.25, 0.3) is 0 Å². The van der Waals surface area contributed by atoms with Gasteiger partial charge in [-0.15, -0.1) is 36.4 Å². The number of halogens is 11. The quantitative estimate of drug-likeness (QED) is 0.0695. The molecule has 0 spiro atoms. The van der Waals surface area contributed by atoms with Crippen molar-refractivity contribution < 1.29 is 120 Å². The van der Waals surface area contributed by atoms with E-state index in [1.54, 1.807) is 97.2 Å². The van der Waals surface area contributed by atoms with Crippen LogP contribution in [0.3, 0.4) is 0 Å². The SMILES string of the molecule is CC(C)(c1cccc(-c2[c-]cc(F)nc2F)n1)c1cccc(-c2[c-]cc(F)nc2F)n1.CC(C)(c1cccc(-c2[c-]cc(F)nc2F)n1)c1cccc(-n2[c-]cc(C(F)(F)F)n2)n1.Fc1c[c-]c(-c2ccccn2)c(F)c1.O=C(O)c1ccccn1.[Ir].[Pt+2].[Pt+2].c1cc(-n2c3ccccc3c3ccccc32)cc(-n2c3ccccc3c3ccccc32)c1. The third-order valence-corrected chi connectivity index (χ3v) is 18.8. The minimum Gasteiger partial charge on any atom is -0.477 e. The molecule has 18 aromatic rings. The predicted molar refractivity (Wildman–Crippen MR) is 423 cm³/mol. The molecule has 0 amide bonds. The number of hydrogen-bond acceptors (Lipinski definition) is 11. The van der Waals surface area contributed by atoms with Crippen LogP contribution in [0.2, 0.25) is 0 Å². The number of hydrogen-bond donors (Lipinski definition) is 1. The van der Waals surface area contributed by atoms with E-state index in [-0.39, 0.29) is 113 Å². The van der Waals surface area contributed by atoms with Gasteiger partial charge in [0.2, 0.25) is 0 Å². The van der Waals surface area contributed by atoms with Crippen LogP contribution in [-0.4, -0.2) is 74.8 Å². The molecule has 12 aromatic heterocycles. The van der Waals surface area contributed by atoms with Gasteiger partial charge in [-0.25, -0.2) is 36.1 Å². The van der Waals surface area contributed by atoms with Gasteiger partial charge in [-0.2, -0.15) is 13.2 Å². The standard InChI is InChI=1S/C30H20N2.C23H14F4N4.C22H14F5N5.C11H6F2N.C6H5NO2.Ir.2Pt/c1-5-16-27-23(12-1)24-13-2-6-17-28(24)31(27)21-10-9-11-22(20-21)32-29-18-7-3-14-25(29)26-15-4-8-19-30(26)32;1-23(2,17-7-3-5-15(28-17)13-9-11-19(24)30-21(13)26)18-8-4-6-16(29-18)14-10-12-20(25)31-22(14)27;1-21(2,15-6-3-5-14(28-15)13-9-10-18(23)30-20(13)24)16-7-4-8-19(29-16)32-12-11-17(31-32)22(25,26)27;12-8-4-5-9(10(13)7-8)11-3-1-2-6-14-11;8-6(9)5-3-1-2-4-7-5;;;/h1-20H;3-8,11-12H,1-2H3;3-8,10-11H,1-2H3;1-4,6-7H;1-4H,(H,8,9);;;/q;2*-2;-1;;;2*+2. The van der Waals surface area contributed by atoms with Gasteiger partial charge in [0, 0.05) is 111 Å². The Morgan fingerprint density at radius 3 is 1.09 bits per heavy atom. The molecule has 0 saturated heterocycles. The van der Waals surface area contributed by atoms with Crippen LogP contribution in [0, 0.1) is 77.8 Å². The molecular weight excluding hydrogens is 2110 g/mol. The molecule has 0 aliphatic heterocycles. The van der Waals surface area contributed by atoms with Crippen LogP contribution in [-0.2, 0) is 79.2 Å². The molecule has 6 aromatic carbocycles. The van der Waals surface area contributed by atoms with Crippen LogP contribution in [0.15, 0.2) is 279 Å². The second-order valence-corrected chi connectivity index (χ2v) is 27.1. The summed E-state index contributed by atoms with van der Waals surface area (Å²) in [4.78, 5) is 45.1. The Kier molecular flexibility index (Phi) is 28.3. The second-order valence-electron chi connectivity index (χ2n) is 27.1. The molecule has 0 fully saturated rings. The molecule has 1 N–H and O–H groups in total. The molecular formula is C92H59F11IrN13O2Pt2-. The zero-order valence-corrected chi connectivity index (χ0v) is 70.3. The predicted octanol–water partition coefficient (Wildman–Crippen LogP) is 21.5. The monoisotopic (exact) mass is 2170 g/mol. The molecule has 29 heteroatoms. The number of carboxylic acids is 1. The number of carbonyl (C=O) groups is 1. The Labute approximate surface area is 726 Å². The Bertz CT molecular complexity index is 6390. The second kappa shape index (κ2) is 38.5. The maximum Gasteiger partial charge on any atom is 2.00 e. The van der Waals surface area contributed by atoms with Crippen molar-refractivity contribution in [3.8, 4) is 62.2 Å². The summed E-state index contributed by atoms with van der Waals surface area (Å²) in [5.74, 6) is -8.15.